The maximum absolute atomic E-state index is 12.9. The number of aliphatic carboxylic acids is 1. The standard InChI is InChI=1S/C23H24F3N3O4/c1-13(2)21-17(12-29(28-21)19-9-8-16(11-27-19)23(24,25)26)14(3)33-22-15(10-20(30)31)6-5-7-18(22)32-4/h5-9,11-14H,10H2,1-4H3,(H,30,31). The van der Waals surface area contributed by atoms with Crippen LogP contribution in [-0.2, 0) is 17.4 Å². The Labute approximate surface area is 188 Å². The molecule has 1 aromatic carbocycles. The van der Waals surface area contributed by atoms with Gasteiger partial charge in [-0.2, -0.15) is 18.3 Å². The monoisotopic (exact) mass is 463 g/mol. The second-order valence-corrected chi connectivity index (χ2v) is 7.75. The van der Waals surface area contributed by atoms with E-state index in [2.05, 4.69) is 10.1 Å². The smallest absolute Gasteiger partial charge is 0.417 e. The van der Waals surface area contributed by atoms with Crippen molar-refractivity contribution in [3.63, 3.8) is 0 Å². The molecule has 1 atom stereocenters. The summed E-state index contributed by atoms with van der Waals surface area (Å²) in [6.07, 6.45) is -2.87. The van der Waals surface area contributed by atoms with Crippen molar-refractivity contribution in [1.29, 1.82) is 0 Å². The Hall–Kier alpha value is -3.56. The van der Waals surface area contributed by atoms with Crippen molar-refractivity contribution in [2.75, 3.05) is 7.11 Å². The molecule has 10 heteroatoms. The number of nitrogens with zero attached hydrogens (tertiary/aromatic N) is 3. The summed E-state index contributed by atoms with van der Waals surface area (Å²) in [7, 11) is 1.46. The number of benzene rings is 1. The van der Waals surface area contributed by atoms with Gasteiger partial charge in [0.05, 0.1) is 24.8 Å². The zero-order valence-corrected chi connectivity index (χ0v) is 18.6. The number of ether oxygens (including phenoxy) is 2. The summed E-state index contributed by atoms with van der Waals surface area (Å²) in [5.74, 6) is -0.0940. The van der Waals surface area contributed by atoms with E-state index in [-0.39, 0.29) is 18.2 Å². The van der Waals surface area contributed by atoms with Crippen LogP contribution in [-0.4, -0.2) is 33.0 Å². The summed E-state index contributed by atoms with van der Waals surface area (Å²) < 4.78 is 51.5. The van der Waals surface area contributed by atoms with E-state index < -0.39 is 23.8 Å². The fourth-order valence-corrected chi connectivity index (χ4v) is 3.37. The maximum Gasteiger partial charge on any atom is 0.417 e. The Morgan fingerprint density at radius 3 is 2.45 bits per heavy atom. The van der Waals surface area contributed by atoms with E-state index in [0.717, 1.165) is 12.3 Å². The Morgan fingerprint density at radius 1 is 1.18 bits per heavy atom. The van der Waals surface area contributed by atoms with Crippen molar-refractivity contribution in [2.45, 2.75) is 45.4 Å². The van der Waals surface area contributed by atoms with Gasteiger partial charge in [0, 0.05) is 23.5 Å². The molecule has 2 aromatic heterocycles. The van der Waals surface area contributed by atoms with Gasteiger partial charge in [0.15, 0.2) is 17.3 Å². The van der Waals surface area contributed by atoms with Crippen LogP contribution in [0.15, 0.2) is 42.7 Å². The number of carboxylic acids is 1. The SMILES string of the molecule is COc1cccc(CC(=O)O)c1OC(C)c1cn(-c2ccc(C(F)(F)F)cn2)nc1C(C)C. The number of hydrogen-bond donors (Lipinski definition) is 1. The first kappa shape index (κ1) is 24.1. The number of aromatic nitrogens is 3. The third-order valence-corrected chi connectivity index (χ3v) is 4.98. The number of halogens is 3. The summed E-state index contributed by atoms with van der Waals surface area (Å²) in [5, 5.41) is 13.8. The quantitative estimate of drug-likeness (QED) is 0.495. The van der Waals surface area contributed by atoms with Gasteiger partial charge in [0.1, 0.15) is 6.10 Å². The summed E-state index contributed by atoms with van der Waals surface area (Å²) in [6.45, 7) is 5.65. The number of rotatable bonds is 8. The lowest BCUT2D eigenvalue weighted by Crippen LogP contribution is -2.10. The van der Waals surface area contributed by atoms with Gasteiger partial charge >= 0.3 is 12.1 Å². The molecule has 0 saturated carbocycles. The zero-order valence-electron chi connectivity index (χ0n) is 18.6. The number of alkyl halides is 3. The minimum Gasteiger partial charge on any atom is -0.493 e. The molecule has 176 valence electrons. The summed E-state index contributed by atoms with van der Waals surface area (Å²) >= 11 is 0. The number of carbonyl (C=O) groups is 1. The number of carboxylic acid groups (broad SMARTS) is 1. The highest BCUT2D eigenvalue weighted by atomic mass is 19.4. The van der Waals surface area contributed by atoms with E-state index in [1.54, 1.807) is 31.3 Å². The van der Waals surface area contributed by atoms with Crippen molar-refractivity contribution in [3.05, 3.63) is 65.1 Å². The van der Waals surface area contributed by atoms with Crippen LogP contribution in [0.5, 0.6) is 11.5 Å². The van der Waals surface area contributed by atoms with Crippen LogP contribution in [0.3, 0.4) is 0 Å². The summed E-state index contributed by atoms with van der Waals surface area (Å²) in [5.41, 5.74) is 0.982. The van der Waals surface area contributed by atoms with E-state index in [1.807, 2.05) is 13.8 Å². The van der Waals surface area contributed by atoms with Gasteiger partial charge in [0.25, 0.3) is 0 Å². The third-order valence-electron chi connectivity index (χ3n) is 4.98. The van der Waals surface area contributed by atoms with Gasteiger partial charge in [-0.15, -0.1) is 0 Å². The highest BCUT2D eigenvalue weighted by Gasteiger charge is 2.31. The first-order valence-corrected chi connectivity index (χ1v) is 10.2. The van der Waals surface area contributed by atoms with Crippen LogP contribution in [0, 0.1) is 0 Å². The van der Waals surface area contributed by atoms with Crippen molar-refractivity contribution < 1.29 is 32.5 Å². The molecule has 0 spiro atoms. The van der Waals surface area contributed by atoms with Gasteiger partial charge in [-0.05, 0) is 31.0 Å². The van der Waals surface area contributed by atoms with E-state index in [9.17, 15) is 23.1 Å². The fraction of sp³-hybridized carbons (Fsp3) is 0.348. The van der Waals surface area contributed by atoms with Crippen LogP contribution in [0.25, 0.3) is 5.82 Å². The first-order chi connectivity index (χ1) is 15.5. The van der Waals surface area contributed by atoms with Crippen LogP contribution in [0.1, 0.15) is 55.2 Å². The number of para-hydroxylation sites is 1. The maximum atomic E-state index is 12.9. The molecule has 0 aliphatic carbocycles. The molecule has 3 aromatic rings. The van der Waals surface area contributed by atoms with Gasteiger partial charge in [-0.25, -0.2) is 9.67 Å². The molecule has 2 heterocycles. The Bertz CT molecular complexity index is 1120. The molecule has 0 saturated heterocycles. The average molecular weight is 463 g/mol. The minimum atomic E-state index is -4.48. The molecule has 0 bridgehead atoms. The number of methoxy groups -OCH3 is 1. The van der Waals surface area contributed by atoms with Crippen molar-refractivity contribution in [3.8, 4) is 17.3 Å². The predicted molar refractivity (Wildman–Crippen MR) is 114 cm³/mol. The lowest BCUT2D eigenvalue weighted by Gasteiger charge is -2.20. The number of hydrogen-bond acceptors (Lipinski definition) is 5. The summed E-state index contributed by atoms with van der Waals surface area (Å²) in [6, 6.07) is 7.21. The van der Waals surface area contributed by atoms with E-state index >= 15 is 0 Å². The Morgan fingerprint density at radius 2 is 1.91 bits per heavy atom. The molecule has 0 amide bonds. The van der Waals surface area contributed by atoms with Gasteiger partial charge in [-0.3, -0.25) is 4.79 Å². The second kappa shape index (κ2) is 9.51. The van der Waals surface area contributed by atoms with Gasteiger partial charge in [0.2, 0.25) is 0 Å². The van der Waals surface area contributed by atoms with Crippen LogP contribution < -0.4 is 9.47 Å². The fourth-order valence-electron chi connectivity index (χ4n) is 3.37. The van der Waals surface area contributed by atoms with Gasteiger partial charge < -0.3 is 14.6 Å². The van der Waals surface area contributed by atoms with E-state index in [0.29, 0.717) is 28.3 Å². The molecular formula is C23H24F3N3O4. The third kappa shape index (κ3) is 5.44. The highest BCUT2D eigenvalue weighted by molar-refractivity contribution is 5.72. The van der Waals surface area contributed by atoms with Crippen LogP contribution >= 0.6 is 0 Å². The van der Waals surface area contributed by atoms with E-state index in [4.69, 9.17) is 9.47 Å². The van der Waals surface area contributed by atoms with Crippen molar-refractivity contribution in [1.82, 2.24) is 14.8 Å². The Balaban J connectivity index is 1.97. The second-order valence-electron chi connectivity index (χ2n) is 7.75. The van der Waals surface area contributed by atoms with Crippen LogP contribution in [0.4, 0.5) is 13.2 Å². The van der Waals surface area contributed by atoms with Gasteiger partial charge in [-0.1, -0.05) is 26.0 Å². The molecule has 33 heavy (non-hydrogen) atoms. The molecule has 0 aliphatic heterocycles. The van der Waals surface area contributed by atoms with E-state index in [1.165, 1.54) is 17.9 Å². The molecule has 1 unspecified atom stereocenters. The molecule has 0 radical (unpaired) electrons. The van der Waals surface area contributed by atoms with Crippen molar-refractivity contribution >= 4 is 5.97 Å². The molecule has 0 aliphatic rings. The lowest BCUT2D eigenvalue weighted by atomic mass is 10.0. The highest BCUT2D eigenvalue weighted by Crippen LogP contribution is 2.37. The van der Waals surface area contributed by atoms with Crippen LogP contribution in [0.2, 0.25) is 0 Å². The first-order valence-electron chi connectivity index (χ1n) is 10.2. The average Bonchev–Trinajstić information content (AvgIpc) is 3.20. The molecule has 3 rings (SSSR count). The lowest BCUT2D eigenvalue weighted by molar-refractivity contribution is -0.138. The van der Waals surface area contributed by atoms with Crippen molar-refractivity contribution in [2.24, 2.45) is 0 Å². The predicted octanol–water partition coefficient (Wildman–Crippen LogP) is 5.19. The molecule has 7 nitrogen and oxygen atoms in total. The zero-order chi connectivity index (χ0) is 24.3. The largest absolute Gasteiger partial charge is 0.493 e. The Kier molecular flexibility index (Phi) is 6.95. The topological polar surface area (TPSA) is 86.5 Å². The normalized spacial score (nSPS) is 12.6. The minimum absolute atomic E-state index is 0.0158. The molecule has 0 fully saturated rings. The molecule has 1 N–H and O–H groups in total. The number of pyridine rings is 1. The molecular weight excluding hydrogens is 439 g/mol. The summed E-state index contributed by atoms with van der Waals surface area (Å²) in [4.78, 5) is 15.2.